The van der Waals surface area contributed by atoms with E-state index in [2.05, 4.69) is 36.4 Å². The number of hydrogen-bond acceptors (Lipinski definition) is 0. The predicted molar refractivity (Wildman–Crippen MR) is 46.2 cm³/mol. The molecule has 1 aromatic heterocycles. The maximum absolute atomic E-state index is 3.71. The first-order valence-electron chi connectivity index (χ1n) is 3.96. The van der Waals surface area contributed by atoms with Gasteiger partial charge in [0.25, 0.3) is 0 Å². The van der Waals surface area contributed by atoms with Crippen LogP contribution < -0.4 is 17.0 Å². The SMILES string of the molecule is C=CC[n+]1ccccc1CC.[Cl-]. The number of halogens is 1. The second kappa shape index (κ2) is 5.78. The first kappa shape index (κ1) is 11.2. The van der Waals surface area contributed by atoms with Gasteiger partial charge in [0.05, 0.1) is 0 Å². The van der Waals surface area contributed by atoms with Gasteiger partial charge in [-0.2, -0.15) is 4.57 Å². The van der Waals surface area contributed by atoms with Crippen LogP contribution in [0.2, 0.25) is 0 Å². The van der Waals surface area contributed by atoms with Crippen LogP contribution in [0.5, 0.6) is 0 Å². The summed E-state index contributed by atoms with van der Waals surface area (Å²) in [7, 11) is 0. The summed E-state index contributed by atoms with van der Waals surface area (Å²) in [6.45, 7) is 6.78. The smallest absolute Gasteiger partial charge is 0.181 e. The Hall–Kier alpha value is -0.820. The molecule has 1 heterocycles. The summed E-state index contributed by atoms with van der Waals surface area (Å²) < 4.78 is 2.20. The van der Waals surface area contributed by atoms with E-state index in [9.17, 15) is 0 Å². The van der Waals surface area contributed by atoms with Crippen molar-refractivity contribution in [3.05, 3.63) is 42.7 Å². The largest absolute Gasteiger partial charge is 1.00 e. The summed E-state index contributed by atoms with van der Waals surface area (Å²) in [5.41, 5.74) is 1.35. The second-order valence-electron chi connectivity index (χ2n) is 2.49. The molecule has 0 atom stereocenters. The predicted octanol–water partition coefficient (Wildman–Crippen LogP) is -1.27. The highest BCUT2D eigenvalue weighted by molar-refractivity contribution is 4.96. The number of hydrogen-bond donors (Lipinski definition) is 0. The molecule has 1 aromatic rings. The third-order valence-electron chi connectivity index (χ3n) is 1.72. The minimum absolute atomic E-state index is 0. The van der Waals surface area contributed by atoms with Gasteiger partial charge in [0.2, 0.25) is 0 Å². The molecule has 12 heavy (non-hydrogen) atoms. The van der Waals surface area contributed by atoms with E-state index in [0.717, 1.165) is 13.0 Å². The lowest BCUT2D eigenvalue weighted by Gasteiger charge is -1.96. The third-order valence-corrected chi connectivity index (χ3v) is 1.72. The van der Waals surface area contributed by atoms with Crippen LogP contribution in [0.3, 0.4) is 0 Å². The highest BCUT2D eigenvalue weighted by atomic mass is 35.5. The van der Waals surface area contributed by atoms with Crippen molar-refractivity contribution >= 4 is 0 Å². The maximum atomic E-state index is 3.71. The first-order chi connectivity index (χ1) is 5.38. The van der Waals surface area contributed by atoms with E-state index in [1.165, 1.54) is 5.69 Å². The van der Waals surface area contributed by atoms with Gasteiger partial charge in [0.1, 0.15) is 0 Å². The molecular formula is C10H14ClN. The number of pyridine rings is 1. The van der Waals surface area contributed by atoms with Crippen molar-refractivity contribution in [1.82, 2.24) is 0 Å². The highest BCUT2D eigenvalue weighted by Crippen LogP contribution is 1.91. The maximum Gasteiger partial charge on any atom is 0.181 e. The molecule has 66 valence electrons. The van der Waals surface area contributed by atoms with Gasteiger partial charge in [-0.25, -0.2) is 0 Å². The molecule has 0 N–H and O–H groups in total. The molecular weight excluding hydrogens is 170 g/mol. The summed E-state index contributed by atoms with van der Waals surface area (Å²) >= 11 is 0. The quantitative estimate of drug-likeness (QED) is 0.407. The van der Waals surface area contributed by atoms with Crippen molar-refractivity contribution in [2.75, 3.05) is 0 Å². The topological polar surface area (TPSA) is 3.88 Å². The van der Waals surface area contributed by atoms with Gasteiger partial charge in [-0.15, -0.1) is 0 Å². The molecule has 0 aliphatic heterocycles. The summed E-state index contributed by atoms with van der Waals surface area (Å²) in [5.74, 6) is 0. The van der Waals surface area contributed by atoms with Gasteiger partial charge >= 0.3 is 0 Å². The first-order valence-corrected chi connectivity index (χ1v) is 3.96. The minimum Gasteiger partial charge on any atom is -1.00 e. The Kier molecular flexibility index (Phi) is 5.39. The standard InChI is InChI=1S/C10H14N.ClH/c1-3-8-11-9-6-5-7-10(11)4-2;/h3,5-7,9H,1,4,8H2,2H3;1H/q+1;/p-1. The Morgan fingerprint density at radius 2 is 2.25 bits per heavy atom. The van der Waals surface area contributed by atoms with Crippen LogP contribution in [0, 0.1) is 0 Å². The van der Waals surface area contributed by atoms with Gasteiger partial charge in [-0.1, -0.05) is 19.6 Å². The molecule has 0 amide bonds. The fourth-order valence-corrected chi connectivity index (χ4v) is 1.15. The van der Waals surface area contributed by atoms with Gasteiger partial charge in [-0.3, -0.25) is 0 Å². The van der Waals surface area contributed by atoms with Crippen LogP contribution in [0.4, 0.5) is 0 Å². The van der Waals surface area contributed by atoms with Crippen molar-refractivity contribution in [1.29, 1.82) is 0 Å². The summed E-state index contributed by atoms with van der Waals surface area (Å²) in [6.07, 6.45) is 5.08. The van der Waals surface area contributed by atoms with E-state index in [4.69, 9.17) is 0 Å². The van der Waals surface area contributed by atoms with E-state index in [1.807, 2.05) is 12.1 Å². The molecule has 0 aliphatic rings. The molecule has 2 heteroatoms. The molecule has 0 aliphatic carbocycles. The van der Waals surface area contributed by atoms with E-state index >= 15 is 0 Å². The molecule has 0 saturated heterocycles. The molecule has 0 bridgehead atoms. The fourth-order valence-electron chi connectivity index (χ4n) is 1.15. The van der Waals surface area contributed by atoms with Crippen LogP contribution in [0.25, 0.3) is 0 Å². The fraction of sp³-hybridized carbons (Fsp3) is 0.300. The van der Waals surface area contributed by atoms with Crippen LogP contribution in [0.15, 0.2) is 37.1 Å². The summed E-state index contributed by atoms with van der Waals surface area (Å²) in [5, 5.41) is 0. The van der Waals surface area contributed by atoms with E-state index in [1.54, 1.807) is 0 Å². The normalized spacial score (nSPS) is 8.75. The summed E-state index contributed by atoms with van der Waals surface area (Å²) in [6, 6.07) is 6.25. The van der Waals surface area contributed by atoms with E-state index < -0.39 is 0 Å². The molecule has 0 spiro atoms. The van der Waals surface area contributed by atoms with Crippen LogP contribution in [-0.2, 0) is 13.0 Å². The van der Waals surface area contributed by atoms with Crippen molar-refractivity contribution in [2.24, 2.45) is 0 Å². The Morgan fingerprint density at radius 1 is 1.50 bits per heavy atom. The number of rotatable bonds is 3. The van der Waals surface area contributed by atoms with E-state index in [-0.39, 0.29) is 12.4 Å². The molecule has 0 fully saturated rings. The molecule has 1 rings (SSSR count). The van der Waals surface area contributed by atoms with Gasteiger partial charge in [0.15, 0.2) is 18.4 Å². The molecule has 0 aromatic carbocycles. The van der Waals surface area contributed by atoms with Crippen molar-refractivity contribution in [2.45, 2.75) is 19.9 Å². The number of allylic oxidation sites excluding steroid dienone is 1. The third kappa shape index (κ3) is 2.67. The zero-order valence-electron chi connectivity index (χ0n) is 7.33. The number of nitrogens with zero attached hydrogens (tertiary/aromatic N) is 1. The lowest BCUT2D eigenvalue weighted by molar-refractivity contribution is -0.694. The van der Waals surface area contributed by atoms with E-state index in [0.29, 0.717) is 0 Å². The average molecular weight is 184 g/mol. The number of aromatic nitrogens is 1. The zero-order valence-corrected chi connectivity index (χ0v) is 8.09. The van der Waals surface area contributed by atoms with Crippen LogP contribution in [0.1, 0.15) is 12.6 Å². The molecule has 0 unspecified atom stereocenters. The Morgan fingerprint density at radius 3 is 2.83 bits per heavy atom. The van der Waals surface area contributed by atoms with Gasteiger partial charge in [0, 0.05) is 18.6 Å². The van der Waals surface area contributed by atoms with Crippen LogP contribution in [-0.4, -0.2) is 0 Å². The van der Waals surface area contributed by atoms with Gasteiger partial charge in [-0.05, 0) is 6.08 Å². The highest BCUT2D eigenvalue weighted by Gasteiger charge is 2.02. The lowest BCUT2D eigenvalue weighted by atomic mass is 10.3. The lowest BCUT2D eigenvalue weighted by Crippen LogP contribution is -3.00. The molecule has 0 saturated carbocycles. The van der Waals surface area contributed by atoms with Crippen LogP contribution >= 0.6 is 0 Å². The summed E-state index contributed by atoms with van der Waals surface area (Å²) in [4.78, 5) is 0. The second-order valence-corrected chi connectivity index (χ2v) is 2.49. The average Bonchev–Trinajstić information content (AvgIpc) is 2.06. The minimum atomic E-state index is 0. The zero-order chi connectivity index (χ0) is 8.10. The van der Waals surface area contributed by atoms with Crippen molar-refractivity contribution in [3.63, 3.8) is 0 Å². The van der Waals surface area contributed by atoms with Gasteiger partial charge < -0.3 is 12.4 Å². The van der Waals surface area contributed by atoms with Crippen molar-refractivity contribution in [3.8, 4) is 0 Å². The Labute approximate surface area is 80.1 Å². The molecule has 0 radical (unpaired) electrons. The Balaban J connectivity index is 0.00000121. The Bertz CT molecular complexity index is 245. The van der Waals surface area contributed by atoms with Crippen molar-refractivity contribution < 1.29 is 17.0 Å². The monoisotopic (exact) mass is 183 g/mol. The number of aryl methyl sites for hydroxylation is 1. The molecule has 1 nitrogen and oxygen atoms in total.